The van der Waals surface area contributed by atoms with Crippen LogP contribution in [0, 0.1) is 5.92 Å². The Morgan fingerprint density at radius 3 is 2.07 bits per heavy atom. The van der Waals surface area contributed by atoms with E-state index in [4.69, 9.17) is 16.3 Å². The molecule has 144 valence electrons. The fraction of sp³-hybridized carbons (Fsp3) is 0.316. The first-order chi connectivity index (χ1) is 12.9. The third kappa shape index (κ3) is 4.68. The lowest BCUT2D eigenvalue weighted by atomic mass is 10.1. The van der Waals surface area contributed by atoms with Crippen LogP contribution in [0.15, 0.2) is 36.4 Å². The van der Waals surface area contributed by atoms with E-state index in [2.05, 4.69) is 9.47 Å². The summed E-state index contributed by atoms with van der Waals surface area (Å²) < 4.78 is 15.9. The van der Waals surface area contributed by atoms with E-state index in [-0.39, 0.29) is 18.7 Å². The van der Waals surface area contributed by atoms with E-state index in [1.807, 2.05) is 0 Å². The number of benzene rings is 1. The molecule has 0 saturated heterocycles. The first-order valence-electron chi connectivity index (χ1n) is 8.12. The summed E-state index contributed by atoms with van der Waals surface area (Å²) in [6.45, 7) is 0.165. The smallest absolute Gasteiger partial charge is 0.320 e. The molecule has 0 amide bonds. The summed E-state index contributed by atoms with van der Waals surface area (Å²) in [5.74, 6) is -2.10. The Labute approximate surface area is 161 Å². The molecule has 0 fully saturated rings. The number of esters is 2. The van der Waals surface area contributed by atoms with Gasteiger partial charge < -0.3 is 18.8 Å². The molecule has 1 heterocycles. The number of rotatable bonds is 8. The van der Waals surface area contributed by atoms with E-state index in [0.717, 1.165) is 0 Å². The van der Waals surface area contributed by atoms with Gasteiger partial charge in [-0.1, -0.05) is 11.6 Å². The van der Waals surface area contributed by atoms with Crippen molar-refractivity contribution in [1.82, 2.24) is 4.57 Å². The molecule has 0 atom stereocenters. The monoisotopic (exact) mass is 393 g/mol. The van der Waals surface area contributed by atoms with E-state index < -0.39 is 17.9 Å². The van der Waals surface area contributed by atoms with Crippen molar-refractivity contribution in [3.8, 4) is 5.75 Å². The van der Waals surface area contributed by atoms with Gasteiger partial charge in [-0.2, -0.15) is 0 Å². The minimum Gasteiger partial charge on any atom is -0.497 e. The second-order valence-electron chi connectivity index (χ2n) is 5.64. The number of carbonyl (C=O) groups excluding carboxylic acids is 3. The van der Waals surface area contributed by atoms with Gasteiger partial charge in [-0.15, -0.1) is 0 Å². The van der Waals surface area contributed by atoms with Gasteiger partial charge >= 0.3 is 11.9 Å². The first kappa shape index (κ1) is 20.5. The van der Waals surface area contributed by atoms with Gasteiger partial charge in [0.25, 0.3) is 0 Å². The first-order valence-corrected chi connectivity index (χ1v) is 8.50. The average molecular weight is 394 g/mol. The quantitative estimate of drug-likeness (QED) is 0.389. The maximum absolute atomic E-state index is 12.8. The van der Waals surface area contributed by atoms with Gasteiger partial charge in [0.2, 0.25) is 5.78 Å². The summed E-state index contributed by atoms with van der Waals surface area (Å²) in [5, 5.41) is 0.320. The second kappa shape index (κ2) is 9.23. The van der Waals surface area contributed by atoms with Gasteiger partial charge in [-0.05, 0) is 42.8 Å². The Hall–Kier alpha value is -2.80. The molecule has 0 aliphatic heterocycles. The highest BCUT2D eigenvalue weighted by Gasteiger charge is 2.29. The van der Waals surface area contributed by atoms with Crippen molar-refractivity contribution in [3.05, 3.63) is 52.8 Å². The van der Waals surface area contributed by atoms with Crippen LogP contribution in [0.2, 0.25) is 5.15 Å². The van der Waals surface area contributed by atoms with E-state index in [1.165, 1.54) is 14.2 Å². The third-order valence-corrected chi connectivity index (χ3v) is 4.46. The van der Waals surface area contributed by atoms with Crippen molar-refractivity contribution in [3.63, 3.8) is 0 Å². The maximum Gasteiger partial charge on any atom is 0.320 e. The van der Waals surface area contributed by atoms with Crippen LogP contribution in [0.1, 0.15) is 22.5 Å². The molecule has 0 aliphatic rings. The molecule has 0 radical (unpaired) electrons. The molecule has 0 aliphatic carbocycles. The molecule has 0 spiro atoms. The van der Waals surface area contributed by atoms with Gasteiger partial charge in [0.15, 0.2) is 5.92 Å². The van der Waals surface area contributed by atoms with Crippen LogP contribution < -0.4 is 4.74 Å². The molecular formula is C19H20ClNO6. The molecular weight excluding hydrogens is 374 g/mol. The Balaban J connectivity index is 2.23. The number of carbonyl (C=O) groups is 3. The fourth-order valence-electron chi connectivity index (χ4n) is 2.63. The Kier molecular flexibility index (Phi) is 7.01. The molecule has 0 saturated carbocycles. The van der Waals surface area contributed by atoms with E-state index in [0.29, 0.717) is 22.2 Å². The predicted molar refractivity (Wildman–Crippen MR) is 98.0 cm³/mol. The number of hydrogen-bond donors (Lipinski definition) is 0. The molecule has 0 bridgehead atoms. The van der Waals surface area contributed by atoms with Crippen LogP contribution in [0.5, 0.6) is 5.75 Å². The second-order valence-corrected chi connectivity index (χ2v) is 6.03. The molecule has 2 rings (SSSR count). The lowest BCUT2D eigenvalue weighted by Gasteiger charge is -2.15. The largest absolute Gasteiger partial charge is 0.497 e. The number of halogens is 1. The van der Waals surface area contributed by atoms with Crippen molar-refractivity contribution in [2.75, 3.05) is 21.3 Å². The highest BCUT2D eigenvalue weighted by molar-refractivity contribution is 6.30. The van der Waals surface area contributed by atoms with E-state index in [9.17, 15) is 14.4 Å². The zero-order chi connectivity index (χ0) is 20.0. The topological polar surface area (TPSA) is 83.8 Å². The lowest BCUT2D eigenvalue weighted by molar-refractivity contribution is -0.159. The Morgan fingerprint density at radius 2 is 1.56 bits per heavy atom. The molecule has 0 N–H and O–H groups in total. The summed E-state index contributed by atoms with van der Waals surface area (Å²) in [5.41, 5.74) is 0.808. The number of aromatic nitrogens is 1. The third-order valence-electron chi connectivity index (χ3n) is 4.13. The predicted octanol–water partition coefficient (Wildman–Crippen LogP) is 2.73. The fourth-order valence-corrected chi connectivity index (χ4v) is 2.87. The zero-order valence-corrected chi connectivity index (χ0v) is 16.0. The highest BCUT2D eigenvalue weighted by atomic mass is 35.5. The zero-order valence-electron chi connectivity index (χ0n) is 15.2. The van der Waals surface area contributed by atoms with Gasteiger partial charge in [0.05, 0.1) is 27.0 Å². The van der Waals surface area contributed by atoms with Crippen molar-refractivity contribution < 1.29 is 28.6 Å². The normalized spacial score (nSPS) is 10.6. The molecule has 7 nitrogen and oxygen atoms in total. The number of ether oxygens (including phenoxy) is 3. The number of methoxy groups -OCH3 is 3. The lowest BCUT2D eigenvalue weighted by Crippen LogP contribution is -2.28. The van der Waals surface area contributed by atoms with Gasteiger partial charge in [0, 0.05) is 12.1 Å². The molecule has 2 aromatic rings. The number of ketones is 1. The average Bonchev–Trinajstić information content (AvgIpc) is 3.07. The molecule has 1 aromatic heterocycles. The Morgan fingerprint density at radius 1 is 0.963 bits per heavy atom. The van der Waals surface area contributed by atoms with Crippen molar-refractivity contribution in [2.24, 2.45) is 5.92 Å². The van der Waals surface area contributed by atoms with E-state index in [1.54, 1.807) is 48.1 Å². The minimum absolute atomic E-state index is 0.0800. The van der Waals surface area contributed by atoms with Crippen LogP contribution in [-0.4, -0.2) is 43.6 Å². The highest BCUT2D eigenvalue weighted by Crippen LogP contribution is 2.22. The van der Waals surface area contributed by atoms with Crippen molar-refractivity contribution in [1.29, 1.82) is 0 Å². The SMILES string of the molecule is COC(=O)C(CCn1c(Cl)ccc1C(=O)c1ccc(OC)cc1)C(=O)OC. The van der Waals surface area contributed by atoms with Crippen LogP contribution >= 0.6 is 11.6 Å². The summed E-state index contributed by atoms with van der Waals surface area (Å²) in [4.78, 5) is 36.4. The minimum atomic E-state index is -1.09. The summed E-state index contributed by atoms with van der Waals surface area (Å²) in [6, 6.07) is 9.86. The number of hydrogen-bond acceptors (Lipinski definition) is 6. The van der Waals surface area contributed by atoms with Gasteiger partial charge in [-0.3, -0.25) is 14.4 Å². The van der Waals surface area contributed by atoms with Gasteiger partial charge in [0.1, 0.15) is 10.9 Å². The van der Waals surface area contributed by atoms with Gasteiger partial charge in [-0.25, -0.2) is 0 Å². The summed E-state index contributed by atoms with van der Waals surface area (Å²) >= 11 is 6.19. The van der Waals surface area contributed by atoms with Crippen LogP contribution in [-0.2, 0) is 25.6 Å². The van der Waals surface area contributed by atoms with Crippen molar-refractivity contribution in [2.45, 2.75) is 13.0 Å². The van der Waals surface area contributed by atoms with Crippen molar-refractivity contribution >= 4 is 29.3 Å². The standard InChI is InChI=1S/C19H20ClNO6/c1-25-13-6-4-12(5-7-13)17(22)15-8-9-16(20)21(15)11-10-14(18(23)26-2)19(24)27-3/h4-9,14H,10-11H2,1-3H3. The summed E-state index contributed by atoms with van der Waals surface area (Å²) in [7, 11) is 3.93. The molecule has 0 unspecified atom stereocenters. The Bertz CT molecular complexity index is 811. The maximum atomic E-state index is 12.8. The molecule has 1 aromatic carbocycles. The molecule has 27 heavy (non-hydrogen) atoms. The van der Waals surface area contributed by atoms with Crippen LogP contribution in [0.4, 0.5) is 0 Å². The summed E-state index contributed by atoms with van der Waals surface area (Å²) in [6.07, 6.45) is 0.0800. The number of nitrogens with zero attached hydrogens (tertiary/aromatic N) is 1. The van der Waals surface area contributed by atoms with E-state index >= 15 is 0 Å². The van der Waals surface area contributed by atoms with Crippen LogP contribution in [0.25, 0.3) is 0 Å². The molecule has 8 heteroatoms. The van der Waals surface area contributed by atoms with Crippen LogP contribution in [0.3, 0.4) is 0 Å².